The number of alkyl halides is 3. The van der Waals surface area contributed by atoms with Crippen molar-refractivity contribution in [3.8, 4) is 0 Å². The van der Waals surface area contributed by atoms with Gasteiger partial charge in [0.05, 0.1) is 5.92 Å². The van der Waals surface area contributed by atoms with Crippen LogP contribution in [0.15, 0.2) is 18.3 Å². The van der Waals surface area contributed by atoms with Gasteiger partial charge in [-0.3, -0.25) is 10.6 Å². The van der Waals surface area contributed by atoms with Crippen LogP contribution < -0.4 is 5.73 Å². The number of hydrogen-bond acceptors (Lipinski definition) is 2. The van der Waals surface area contributed by atoms with Crippen molar-refractivity contribution in [2.24, 2.45) is 5.92 Å². The van der Waals surface area contributed by atoms with E-state index in [4.69, 9.17) is 5.73 Å². The van der Waals surface area contributed by atoms with Crippen LogP contribution in [0.2, 0.25) is 0 Å². The lowest BCUT2D eigenvalue weighted by Gasteiger charge is -2.33. The third-order valence-corrected chi connectivity index (χ3v) is 3.20. The average Bonchev–Trinajstić information content (AvgIpc) is 2.31. The Morgan fingerprint density at radius 3 is 2.78 bits per heavy atom. The highest BCUT2D eigenvalue weighted by molar-refractivity contribution is 5.25. The van der Waals surface area contributed by atoms with Gasteiger partial charge >= 0.3 is 6.18 Å². The topological polar surface area (TPSA) is 39.9 Å². The number of aromatic nitrogens is 1. The van der Waals surface area contributed by atoms with Crippen molar-refractivity contribution in [1.29, 1.82) is 0 Å². The normalized spacial score (nSPS) is 22.1. The molecule has 1 unspecified atom stereocenters. The second-order valence-corrected chi connectivity index (χ2v) is 4.67. The Bertz CT molecular complexity index is 389. The van der Waals surface area contributed by atoms with Gasteiger partial charge in [-0.2, -0.15) is 13.2 Å². The molecular weight excluding hydrogens is 243 g/mol. The van der Waals surface area contributed by atoms with Crippen molar-refractivity contribution < 1.29 is 13.2 Å². The zero-order valence-corrected chi connectivity index (χ0v) is 9.87. The number of nitrogens with zero attached hydrogens (tertiary/aromatic N) is 2. The predicted octanol–water partition coefficient (Wildman–Crippen LogP) is 2.77. The van der Waals surface area contributed by atoms with E-state index in [0.29, 0.717) is 19.5 Å². The molecule has 1 aliphatic heterocycles. The van der Waals surface area contributed by atoms with Gasteiger partial charge in [-0.25, -0.2) is 4.98 Å². The molecule has 0 aliphatic carbocycles. The first-order valence-electron chi connectivity index (χ1n) is 5.91. The summed E-state index contributed by atoms with van der Waals surface area (Å²) in [6.07, 6.45) is -1.74. The van der Waals surface area contributed by atoms with Gasteiger partial charge in [-0.05, 0) is 31.0 Å². The molecule has 2 heterocycles. The minimum Gasteiger partial charge on any atom is -0.298 e. The fourth-order valence-corrected chi connectivity index (χ4v) is 2.24. The summed E-state index contributed by atoms with van der Waals surface area (Å²) in [6.45, 7) is 1.22. The smallest absolute Gasteiger partial charge is 0.298 e. The van der Waals surface area contributed by atoms with Gasteiger partial charge in [-0.15, -0.1) is 0 Å². The number of likely N-dealkylation sites (tertiary alicyclic amines) is 1. The van der Waals surface area contributed by atoms with Crippen LogP contribution in [0, 0.1) is 5.92 Å². The molecule has 0 bridgehead atoms. The van der Waals surface area contributed by atoms with E-state index in [9.17, 15) is 13.2 Å². The minimum atomic E-state index is -4.10. The Balaban J connectivity index is 1.95. The summed E-state index contributed by atoms with van der Waals surface area (Å²) in [5, 5.41) is 0. The first-order chi connectivity index (χ1) is 8.45. The van der Waals surface area contributed by atoms with Crippen LogP contribution in [-0.2, 0) is 6.54 Å². The van der Waals surface area contributed by atoms with Crippen molar-refractivity contribution in [2.75, 3.05) is 13.1 Å². The SMILES string of the molecule is [NH]c1ccc(CN2CCCC(C(F)(F)F)C2)cn1. The Kier molecular flexibility index (Phi) is 3.75. The standard InChI is InChI=1S/C12H15F3N3/c13-12(14,15)10-2-1-5-18(8-10)7-9-3-4-11(16)17-6-9/h3-4,6,10,16H,1-2,5,7-8H2. The van der Waals surface area contributed by atoms with Crippen LogP contribution in [-0.4, -0.2) is 29.1 Å². The highest BCUT2D eigenvalue weighted by Crippen LogP contribution is 2.33. The summed E-state index contributed by atoms with van der Waals surface area (Å²) >= 11 is 0. The molecule has 1 saturated heterocycles. The van der Waals surface area contributed by atoms with Crippen molar-refractivity contribution in [1.82, 2.24) is 15.6 Å². The molecule has 0 amide bonds. The lowest BCUT2D eigenvalue weighted by atomic mass is 9.97. The maximum atomic E-state index is 12.6. The second-order valence-electron chi connectivity index (χ2n) is 4.67. The van der Waals surface area contributed by atoms with Gasteiger partial charge in [0.1, 0.15) is 5.82 Å². The molecule has 1 radical (unpaired) electrons. The summed E-state index contributed by atoms with van der Waals surface area (Å²) in [5.74, 6) is -1.04. The molecule has 0 aromatic carbocycles. The molecular formula is C12H15F3N3. The van der Waals surface area contributed by atoms with E-state index < -0.39 is 12.1 Å². The average molecular weight is 258 g/mol. The quantitative estimate of drug-likeness (QED) is 0.818. The molecule has 1 aliphatic rings. The van der Waals surface area contributed by atoms with Crippen molar-refractivity contribution >= 4 is 5.82 Å². The van der Waals surface area contributed by atoms with Crippen LogP contribution in [0.5, 0.6) is 0 Å². The number of piperidine rings is 1. The number of nitrogens with one attached hydrogen (secondary N) is 1. The van der Waals surface area contributed by atoms with E-state index in [2.05, 4.69) is 4.98 Å². The molecule has 1 aromatic rings. The highest BCUT2D eigenvalue weighted by atomic mass is 19.4. The van der Waals surface area contributed by atoms with Crippen molar-refractivity contribution in [2.45, 2.75) is 25.6 Å². The zero-order chi connectivity index (χ0) is 13.2. The van der Waals surface area contributed by atoms with Crippen molar-refractivity contribution in [3.05, 3.63) is 23.9 Å². The van der Waals surface area contributed by atoms with Gasteiger partial charge < -0.3 is 0 Å². The van der Waals surface area contributed by atoms with Gasteiger partial charge in [0, 0.05) is 19.3 Å². The fraction of sp³-hybridized carbons (Fsp3) is 0.583. The lowest BCUT2D eigenvalue weighted by Crippen LogP contribution is -2.41. The Morgan fingerprint density at radius 1 is 1.39 bits per heavy atom. The van der Waals surface area contributed by atoms with E-state index in [0.717, 1.165) is 5.56 Å². The second kappa shape index (κ2) is 5.14. The summed E-state index contributed by atoms with van der Waals surface area (Å²) in [5.41, 5.74) is 8.11. The first kappa shape index (κ1) is 13.1. The fourth-order valence-electron chi connectivity index (χ4n) is 2.24. The largest absolute Gasteiger partial charge is 0.393 e. The van der Waals surface area contributed by atoms with E-state index in [1.54, 1.807) is 18.3 Å². The molecule has 0 spiro atoms. The van der Waals surface area contributed by atoms with Crippen LogP contribution in [0.25, 0.3) is 0 Å². The third kappa shape index (κ3) is 3.35. The lowest BCUT2D eigenvalue weighted by molar-refractivity contribution is -0.187. The van der Waals surface area contributed by atoms with E-state index in [1.165, 1.54) is 0 Å². The van der Waals surface area contributed by atoms with E-state index in [1.807, 2.05) is 4.90 Å². The molecule has 1 fully saturated rings. The van der Waals surface area contributed by atoms with Crippen LogP contribution in [0.4, 0.5) is 19.0 Å². The van der Waals surface area contributed by atoms with E-state index >= 15 is 0 Å². The van der Waals surface area contributed by atoms with Crippen LogP contribution in [0.3, 0.4) is 0 Å². The van der Waals surface area contributed by atoms with Crippen LogP contribution in [0.1, 0.15) is 18.4 Å². The minimum absolute atomic E-state index is 0.0616. The summed E-state index contributed by atoms with van der Waals surface area (Å²) < 4.78 is 37.9. The van der Waals surface area contributed by atoms with Crippen LogP contribution >= 0.6 is 0 Å². The maximum absolute atomic E-state index is 12.6. The third-order valence-electron chi connectivity index (χ3n) is 3.20. The molecule has 2 rings (SSSR count). The number of hydrogen-bond donors (Lipinski definition) is 0. The zero-order valence-electron chi connectivity index (χ0n) is 9.87. The first-order valence-corrected chi connectivity index (χ1v) is 5.91. The molecule has 3 nitrogen and oxygen atoms in total. The summed E-state index contributed by atoms with van der Waals surface area (Å²) in [6, 6.07) is 3.30. The Hall–Kier alpha value is -1.30. The van der Waals surface area contributed by atoms with Crippen molar-refractivity contribution in [3.63, 3.8) is 0 Å². The van der Waals surface area contributed by atoms with Gasteiger partial charge in [0.2, 0.25) is 0 Å². The molecule has 18 heavy (non-hydrogen) atoms. The molecule has 1 N–H and O–H groups in total. The van der Waals surface area contributed by atoms with Gasteiger partial charge in [-0.1, -0.05) is 6.07 Å². The molecule has 6 heteroatoms. The molecule has 99 valence electrons. The molecule has 1 atom stereocenters. The number of halogens is 3. The predicted molar refractivity (Wildman–Crippen MR) is 61.0 cm³/mol. The Morgan fingerprint density at radius 2 is 2.17 bits per heavy atom. The number of pyridine rings is 1. The summed E-state index contributed by atoms with van der Waals surface area (Å²) in [7, 11) is 0. The van der Waals surface area contributed by atoms with E-state index in [-0.39, 0.29) is 18.8 Å². The Labute approximate surface area is 104 Å². The van der Waals surface area contributed by atoms with Gasteiger partial charge in [0.25, 0.3) is 0 Å². The maximum Gasteiger partial charge on any atom is 0.393 e. The molecule has 0 saturated carbocycles. The monoisotopic (exact) mass is 258 g/mol. The van der Waals surface area contributed by atoms with Gasteiger partial charge in [0.15, 0.2) is 0 Å². The molecule has 1 aromatic heterocycles. The number of rotatable bonds is 2. The highest BCUT2D eigenvalue weighted by Gasteiger charge is 2.41. The summed E-state index contributed by atoms with van der Waals surface area (Å²) in [4.78, 5) is 5.64.